The van der Waals surface area contributed by atoms with Crippen molar-refractivity contribution in [3.8, 4) is 0 Å². The van der Waals surface area contributed by atoms with E-state index in [1.807, 2.05) is 0 Å². The van der Waals surface area contributed by atoms with Gasteiger partial charge in [-0.2, -0.15) is 0 Å². The molecule has 27 heavy (non-hydrogen) atoms. The molecule has 0 saturated heterocycles. The molecule has 0 aliphatic carbocycles. The summed E-state index contributed by atoms with van der Waals surface area (Å²) in [6.07, 6.45) is 0. The third-order valence-electron chi connectivity index (χ3n) is 3.61. The highest BCUT2D eigenvalue weighted by molar-refractivity contribution is 9.10. The summed E-state index contributed by atoms with van der Waals surface area (Å²) in [5.41, 5.74) is 1.20. The molecule has 0 spiro atoms. The number of hydrogen-bond donors (Lipinski definition) is 2. The van der Waals surface area contributed by atoms with Crippen LogP contribution in [0.15, 0.2) is 82.2 Å². The zero-order valence-electron chi connectivity index (χ0n) is 13.8. The molecule has 3 aromatic rings. The Morgan fingerprint density at radius 3 is 2.22 bits per heavy atom. The van der Waals surface area contributed by atoms with Gasteiger partial charge >= 0.3 is 0 Å². The Bertz CT molecular complexity index is 1070. The Kier molecular flexibility index (Phi) is 5.84. The molecule has 0 aliphatic rings. The molecular weight excluding hydrogens is 452 g/mol. The van der Waals surface area contributed by atoms with Gasteiger partial charge in [-0.1, -0.05) is 29.8 Å². The van der Waals surface area contributed by atoms with Crippen molar-refractivity contribution in [3.63, 3.8) is 0 Å². The van der Waals surface area contributed by atoms with E-state index in [0.29, 0.717) is 20.9 Å². The zero-order chi connectivity index (χ0) is 19.4. The third-order valence-corrected chi connectivity index (χ3v) is 6.24. The molecule has 3 aromatic carbocycles. The number of hydrogen-bond acceptors (Lipinski definition) is 3. The van der Waals surface area contributed by atoms with Gasteiger partial charge in [-0.15, -0.1) is 0 Å². The minimum atomic E-state index is -3.87. The topological polar surface area (TPSA) is 75.3 Å². The smallest absolute Gasteiger partial charge is 0.263 e. The van der Waals surface area contributed by atoms with E-state index in [1.54, 1.807) is 54.6 Å². The predicted octanol–water partition coefficient (Wildman–Crippen LogP) is 5.16. The van der Waals surface area contributed by atoms with Gasteiger partial charge in [-0.05, 0) is 70.5 Å². The van der Waals surface area contributed by atoms with Crippen molar-refractivity contribution in [2.24, 2.45) is 0 Å². The molecule has 0 saturated carbocycles. The Morgan fingerprint density at radius 2 is 1.56 bits per heavy atom. The Hall–Kier alpha value is -2.35. The van der Waals surface area contributed by atoms with Crippen LogP contribution in [-0.4, -0.2) is 14.3 Å². The van der Waals surface area contributed by atoms with Crippen LogP contribution in [0.2, 0.25) is 5.02 Å². The molecule has 0 heterocycles. The number of rotatable bonds is 5. The van der Waals surface area contributed by atoms with Gasteiger partial charge in [0.1, 0.15) is 4.90 Å². The second-order valence-corrected chi connectivity index (χ2v) is 8.52. The second-order valence-electron chi connectivity index (χ2n) is 5.58. The Labute approximate surface area is 170 Å². The largest absolute Gasteiger partial charge is 0.322 e. The summed E-state index contributed by atoms with van der Waals surface area (Å²) in [5.74, 6) is -0.430. The molecule has 0 atom stereocenters. The molecular formula is C19H14BrClN2O3S. The lowest BCUT2D eigenvalue weighted by Gasteiger charge is -2.11. The van der Waals surface area contributed by atoms with Crippen LogP contribution in [0, 0.1) is 0 Å². The lowest BCUT2D eigenvalue weighted by molar-refractivity contribution is 0.102. The van der Waals surface area contributed by atoms with Crippen LogP contribution >= 0.6 is 27.5 Å². The first-order chi connectivity index (χ1) is 12.8. The predicted molar refractivity (Wildman–Crippen MR) is 111 cm³/mol. The van der Waals surface area contributed by atoms with E-state index >= 15 is 0 Å². The first kappa shape index (κ1) is 19.4. The summed E-state index contributed by atoms with van der Waals surface area (Å²) in [4.78, 5) is 12.4. The number of benzene rings is 3. The highest BCUT2D eigenvalue weighted by Gasteiger charge is 2.20. The fourth-order valence-electron chi connectivity index (χ4n) is 2.30. The molecule has 0 fully saturated rings. The summed E-state index contributed by atoms with van der Waals surface area (Å²) in [7, 11) is -3.87. The molecule has 5 nitrogen and oxygen atoms in total. The van der Waals surface area contributed by atoms with Crippen LogP contribution in [0.3, 0.4) is 0 Å². The Morgan fingerprint density at radius 1 is 0.889 bits per heavy atom. The number of halogens is 2. The SMILES string of the molecule is O=C(Nc1ccc(Cl)cc1)c1ccc(Br)c(S(=O)(=O)Nc2ccccc2)c1. The molecule has 0 bridgehead atoms. The highest BCUT2D eigenvalue weighted by Crippen LogP contribution is 2.26. The highest BCUT2D eigenvalue weighted by atomic mass is 79.9. The van der Waals surface area contributed by atoms with E-state index in [4.69, 9.17) is 11.6 Å². The van der Waals surface area contributed by atoms with Gasteiger partial charge in [0.2, 0.25) is 0 Å². The van der Waals surface area contributed by atoms with Crippen molar-refractivity contribution in [2.45, 2.75) is 4.90 Å². The number of anilines is 2. The monoisotopic (exact) mass is 464 g/mol. The van der Waals surface area contributed by atoms with E-state index in [1.165, 1.54) is 18.2 Å². The van der Waals surface area contributed by atoms with Gasteiger partial charge in [0.25, 0.3) is 15.9 Å². The first-order valence-electron chi connectivity index (χ1n) is 7.79. The molecule has 0 aliphatic heterocycles. The van der Waals surface area contributed by atoms with E-state index in [2.05, 4.69) is 26.0 Å². The molecule has 3 rings (SSSR count). The molecule has 8 heteroatoms. The molecule has 138 valence electrons. The minimum absolute atomic E-state index is 0.0323. The van der Waals surface area contributed by atoms with Crippen LogP contribution in [0.25, 0.3) is 0 Å². The normalized spacial score (nSPS) is 11.0. The lowest BCUT2D eigenvalue weighted by atomic mass is 10.2. The quantitative estimate of drug-likeness (QED) is 0.547. The second kappa shape index (κ2) is 8.12. The summed E-state index contributed by atoms with van der Waals surface area (Å²) >= 11 is 9.07. The number of carbonyl (C=O) groups excluding carboxylic acids is 1. The third kappa shape index (κ3) is 4.88. The van der Waals surface area contributed by atoms with Crippen molar-refractivity contribution in [1.82, 2.24) is 0 Å². The summed E-state index contributed by atoms with van der Waals surface area (Å²) in [6, 6.07) is 19.5. The average molecular weight is 466 g/mol. The van der Waals surface area contributed by atoms with Crippen molar-refractivity contribution in [1.29, 1.82) is 0 Å². The van der Waals surface area contributed by atoms with Gasteiger partial charge in [0.15, 0.2) is 0 Å². The van der Waals surface area contributed by atoms with Crippen LogP contribution in [-0.2, 0) is 10.0 Å². The van der Waals surface area contributed by atoms with Crippen molar-refractivity contribution in [3.05, 3.63) is 87.9 Å². The van der Waals surface area contributed by atoms with E-state index in [9.17, 15) is 13.2 Å². The van der Waals surface area contributed by atoms with Crippen molar-refractivity contribution < 1.29 is 13.2 Å². The van der Waals surface area contributed by atoms with Crippen LogP contribution in [0.4, 0.5) is 11.4 Å². The first-order valence-corrected chi connectivity index (χ1v) is 10.4. The van der Waals surface area contributed by atoms with E-state index < -0.39 is 15.9 Å². The maximum atomic E-state index is 12.7. The average Bonchev–Trinajstić information content (AvgIpc) is 2.64. The number of sulfonamides is 1. The van der Waals surface area contributed by atoms with Crippen molar-refractivity contribution >= 4 is 54.8 Å². The molecule has 0 unspecified atom stereocenters. The van der Waals surface area contributed by atoms with Crippen molar-refractivity contribution in [2.75, 3.05) is 10.0 Å². The van der Waals surface area contributed by atoms with Crippen LogP contribution in [0.1, 0.15) is 10.4 Å². The minimum Gasteiger partial charge on any atom is -0.322 e. The van der Waals surface area contributed by atoms with Crippen LogP contribution in [0.5, 0.6) is 0 Å². The van der Waals surface area contributed by atoms with Crippen LogP contribution < -0.4 is 10.0 Å². The fourth-order valence-corrected chi connectivity index (χ4v) is 4.48. The molecule has 0 aromatic heterocycles. The maximum Gasteiger partial charge on any atom is 0.263 e. The van der Waals surface area contributed by atoms with E-state index in [0.717, 1.165) is 0 Å². The van der Waals surface area contributed by atoms with Gasteiger partial charge in [0.05, 0.1) is 0 Å². The van der Waals surface area contributed by atoms with Gasteiger partial charge < -0.3 is 5.32 Å². The number of carbonyl (C=O) groups is 1. The number of para-hydroxylation sites is 1. The fraction of sp³-hybridized carbons (Fsp3) is 0. The maximum absolute atomic E-state index is 12.7. The Balaban J connectivity index is 1.87. The van der Waals surface area contributed by atoms with Gasteiger partial charge in [0, 0.05) is 26.4 Å². The lowest BCUT2D eigenvalue weighted by Crippen LogP contribution is -2.16. The van der Waals surface area contributed by atoms with Gasteiger partial charge in [-0.3, -0.25) is 9.52 Å². The summed E-state index contributed by atoms with van der Waals surface area (Å²) in [5, 5.41) is 3.26. The number of amides is 1. The summed E-state index contributed by atoms with van der Waals surface area (Å²) < 4.78 is 28.3. The summed E-state index contributed by atoms with van der Waals surface area (Å²) in [6.45, 7) is 0. The molecule has 2 N–H and O–H groups in total. The number of nitrogens with one attached hydrogen (secondary N) is 2. The zero-order valence-corrected chi connectivity index (χ0v) is 17.0. The molecule has 0 radical (unpaired) electrons. The van der Waals surface area contributed by atoms with Gasteiger partial charge in [-0.25, -0.2) is 8.42 Å². The standard InChI is InChI=1S/C19H14BrClN2O3S/c20-17-11-6-13(19(24)22-15-9-7-14(21)8-10-15)12-18(17)27(25,26)23-16-4-2-1-3-5-16/h1-12,23H,(H,22,24). The molecule has 1 amide bonds. The van der Waals surface area contributed by atoms with E-state index in [-0.39, 0.29) is 10.5 Å².